The number of nitrogens with zero attached hydrogens (tertiary/aromatic N) is 1. The molecule has 1 saturated carbocycles. The van der Waals surface area contributed by atoms with Gasteiger partial charge in [0, 0.05) is 12.5 Å². The predicted octanol–water partition coefficient (Wildman–Crippen LogP) is 1.78. The second-order valence-corrected chi connectivity index (χ2v) is 5.74. The molecule has 1 aromatic carbocycles. The number of likely N-dealkylation sites (tertiary alicyclic amines) is 1. The molecule has 1 aliphatic carbocycles. The third kappa shape index (κ3) is 2.40. The van der Waals surface area contributed by atoms with Gasteiger partial charge >= 0.3 is 0 Å². The monoisotopic (exact) mass is 275 g/mol. The molecule has 2 aliphatic rings. The summed E-state index contributed by atoms with van der Waals surface area (Å²) in [6, 6.07) is 8.01. The number of methoxy groups -OCH3 is 1. The Kier molecular flexibility index (Phi) is 3.66. The van der Waals surface area contributed by atoms with Crippen LogP contribution in [0.3, 0.4) is 0 Å². The average molecular weight is 275 g/mol. The van der Waals surface area contributed by atoms with E-state index in [1.54, 1.807) is 7.11 Å². The molecule has 1 saturated heterocycles. The van der Waals surface area contributed by atoms with Crippen LogP contribution in [0.5, 0.6) is 5.75 Å². The minimum Gasteiger partial charge on any atom is -0.497 e. The molecule has 1 aromatic rings. The molecule has 0 bridgehead atoms. The third-order valence-corrected chi connectivity index (χ3v) is 4.50. The number of aliphatic hydroxyl groups is 1. The van der Waals surface area contributed by atoms with Gasteiger partial charge < -0.3 is 14.7 Å². The molecule has 1 heterocycles. The Morgan fingerprint density at radius 1 is 1.50 bits per heavy atom. The summed E-state index contributed by atoms with van der Waals surface area (Å²) in [5.74, 6) is 1.47. The first-order valence-corrected chi connectivity index (χ1v) is 7.30. The summed E-state index contributed by atoms with van der Waals surface area (Å²) < 4.78 is 5.23. The van der Waals surface area contributed by atoms with Crippen molar-refractivity contribution in [2.75, 3.05) is 20.3 Å². The maximum atomic E-state index is 12.5. The summed E-state index contributed by atoms with van der Waals surface area (Å²) in [5, 5.41) is 9.33. The van der Waals surface area contributed by atoms with E-state index in [-0.39, 0.29) is 24.5 Å². The van der Waals surface area contributed by atoms with E-state index in [0.29, 0.717) is 5.92 Å². The SMILES string of the molecule is COc1cccc([C@@H]2C[C@@H]2C(=O)N2CCC[C@H]2CO)c1. The topological polar surface area (TPSA) is 49.8 Å². The average Bonchev–Trinajstić information content (AvgIpc) is 3.15. The molecule has 1 N–H and O–H groups in total. The summed E-state index contributed by atoms with van der Waals surface area (Å²) in [6.45, 7) is 0.883. The Morgan fingerprint density at radius 3 is 3.10 bits per heavy atom. The molecule has 0 spiro atoms. The van der Waals surface area contributed by atoms with Crippen LogP contribution >= 0.6 is 0 Å². The van der Waals surface area contributed by atoms with Crippen LogP contribution in [-0.2, 0) is 4.79 Å². The first-order chi connectivity index (χ1) is 9.74. The van der Waals surface area contributed by atoms with Gasteiger partial charge in [0.25, 0.3) is 0 Å². The van der Waals surface area contributed by atoms with Crippen LogP contribution < -0.4 is 4.74 Å². The van der Waals surface area contributed by atoms with Gasteiger partial charge in [0.15, 0.2) is 0 Å². The summed E-state index contributed by atoms with van der Waals surface area (Å²) >= 11 is 0. The Morgan fingerprint density at radius 2 is 2.35 bits per heavy atom. The lowest BCUT2D eigenvalue weighted by Crippen LogP contribution is -2.38. The largest absolute Gasteiger partial charge is 0.497 e. The van der Waals surface area contributed by atoms with Crippen molar-refractivity contribution in [1.82, 2.24) is 4.90 Å². The zero-order valence-corrected chi connectivity index (χ0v) is 11.8. The maximum Gasteiger partial charge on any atom is 0.226 e. The van der Waals surface area contributed by atoms with Gasteiger partial charge in [-0.1, -0.05) is 12.1 Å². The molecule has 4 nitrogen and oxygen atoms in total. The van der Waals surface area contributed by atoms with E-state index in [1.165, 1.54) is 5.56 Å². The molecule has 0 unspecified atom stereocenters. The number of benzene rings is 1. The van der Waals surface area contributed by atoms with Crippen molar-refractivity contribution >= 4 is 5.91 Å². The number of carbonyl (C=O) groups excluding carboxylic acids is 1. The quantitative estimate of drug-likeness (QED) is 0.911. The summed E-state index contributed by atoms with van der Waals surface area (Å²) in [4.78, 5) is 14.4. The molecule has 3 rings (SSSR count). The first-order valence-electron chi connectivity index (χ1n) is 7.30. The van der Waals surface area contributed by atoms with E-state index >= 15 is 0 Å². The molecule has 3 atom stereocenters. The second-order valence-electron chi connectivity index (χ2n) is 5.74. The predicted molar refractivity (Wildman–Crippen MR) is 75.7 cm³/mol. The number of ether oxygens (including phenoxy) is 1. The number of carbonyl (C=O) groups is 1. The van der Waals surface area contributed by atoms with Crippen LogP contribution in [0.4, 0.5) is 0 Å². The van der Waals surface area contributed by atoms with Gasteiger partial charge in [-0.15, -0.1) is 0 Å². The van der Waals surface area contributed by atoms with Gasteiger partial charge in [-0.25, -0.2) is 0 Å². The van der Waals surface area contributed by atoms with E-state index in [2.05, 4.69) is 6.07 Å². The lowest BCUT2D eigenvalue weighted by Gasteiger charge is -2.23. The van der Waals surface area contributed by atoms with Gasteiger partial charge in [-0.05, 0) is 42.9 Å². The standard InChI is InChI=1S/C16H21NO3/c1-20-13-6-2-4-11(8-13)14-9-15(14)16(19)17-7-3-5-12(17)10-18/h2,4,6,8,12,14-15,18H,3,5,7,9-10H2,1H3/t12-,14-,15-/m0/s1. The highest BCUT2D eigenvalue weighted by molar-refractivity contribution is 5.83. The van der Waals surface area contributed by atoms with Gasteiger partial charge in [0.2, 0.25) is 5.91 Å². The second kappa shape index (κ2) is 5.44. The van der Waals surface area contributed by atoms with Crippen LogP contribution in [0.15, 0.2) is 24.3 Å². The van der Waals surface area contributed by atoms with Crippen molar-refractivity contribution in [3.63, 3.8) is 0 Å². The fourth-order valence-electron chi connectivity index (χ4n) is 3.24. The molecule has 2 fully saturated rings. The molecule has 1 amide bonds. The molecule has 108 valence electrons. The zero-order chi connectivity index (χ0) is 14.1. The van der Waals surface area contributed by atoms with E-state index in [0.717, 1.165) is 31.6 Å². The number of aliphatic hydroxyl groups excluding tert-OH is 1. The molecular formula is C16H21NO3. The Hall–Kier alpha value is -1.55. The van der Waals surface area contributed by atoms with Gasteiger partial charge in [0.05, 0.1) is 19.8 Å². The van der Waals surface area contributed by atoms with E-state index in [4.69, 9.17) is 4.74 Å². The van der Waals surface area contributed by atoms with Crippen molar-refractivity contribution in [3.8, 4) is 5.75 Å². The van der Waals surface area contributed by atoms with E-state index in [1.807, 2.05) is 23.1 Å². The van der Waals surface area contributed by atoms with E-state index < -0.39 is 0 Å². The summed E-state index contributed by atoms with van der Waals surface area (Å²) in [5.41, 5.74) is 1.18. The Balaban J connectivity index is 1.67. The Labute approximate surface area is 119 Å². The van der Waals surface area contributed by atoms with Crippen molar-refractivity contribution in [3.05, 3.63) is 29.8 Å². The zero-order valence-electron chi connectivity index (χ0n) is 11.8. The minimum absolute atomic E-state index is 0.0362. The molecule has 1 aliphatic heterocycles. The smallest absolute Gasteiger partial charge is 0.226 e. The summed E-state index contributed by atoms with van der Waals surface area (Å²) in [7, 11) is 1.66. The highest BCUT2D eigenvalue weighted by Crippen LogP contribution is 2.49. The third-order valence-electron chi connectivity index (χ3n) is 4.50. The van der Waals surface area contributed by atoms with Crippen molar-refractivity contribution < 1.29 is 14.6 Å². The molecular weight excluding hydrogens is 254 g/mol. The van der Waals surface area contributed by atoms with Gasteiger partial charge in [-0.2, -0.15) is 0 Å². The van der Waals surface area contributed by atoms with Crippen molar-refractivity contribution in [2.24, 2.45) is 5.92 Å². The molecule has 0 aromatic heterocycles. The lowest BCUT2D eigenvalue weighted by molar-refractivity contribution is -0.134. The van der Waals surface area contributed by atoms with Crippen LogP contribution in [0.2, 0.25) is 0 Å². The van der Waals surface area contributed by atoms with Crippen LogP contribution in [-0.4, -0.2) is 42.2 Å². The number of hydrogen-bond acceptors (Lipinski definition) is 3. The number of rotatable bonds is 4. The minimum atomic E-state index is 0.0362. The molecule has 4 heteroatoms. The first kappa shape index (κ1) is 13.4. The van der Waals surface area contributed by atoms with Gasteiger partial charge in [0.1, 0.15) is 5.75 Å². The Bertz CT molecular complexity index is 502. The highest BCUT2D eigenvalue weighted by Gasteiger charge is 2.47. The maximum absolute atomic E-state index is 12.5. The molecule has 0 radical (unpaired) electrons. The van der Waals surface area contributed by atoms with Gasteiger partial charge in [-0.3, -0.25) is 4.79 Å². The number of amides is 1. The van der Waals surface area contributed by atoms with Crippen molar-refractivity contribution in [2.45, 2.75) is 31.2 Å². The fourth-order valence-corrected chi connectivity index (χ4v) is 3.24. The summed E-state index contributed by atoms with van der Waals surface area (Å²) in [6.07, 6.45) is 2.85. The van der Waals surface area contributed by atoms with E-state index in [9.17, 15) is 9.90 Å². The lowest BCUT2D eigenvalue weighted by atomic mass is 10.1. The van der Waals surface area contributed by atoms with Crippen LogP contribution in [0.1, 0.15) is 30.7 Å². The molecule has 20 heavy (non-hydrogen) atoms. The van der Waals surface area contributed by atoms with Crippen LogP contribution in [0, 0.1) is 5.92 Å². The fraction of sp³-hybridized carbons (Fsp3) is 0.562. The number of hydrogen-bond donors (Lipinski definition) is 1. The normalized spacial score (nSPS) is 28.5. The highest BCUT2D eigenvalue weighted by atomic mass is 16.5. The van der Waals surface area contributed by atoms with Crippen LogP contribution in [0.25, 0.3) is 0 Å². The van der Waals surface area contributed by atoms with Crippen molar-refractivity contribution in [1.29, 1.82) is 0 Å².